The largest absolute Gasteiger partial charge is 0.486 e. The third-order valence-electron chi connectivity index (χ3n) is 3.82. The molecule has 0 aliphatic carbocycles. The molecule has 0 aliphatic heterocycles. The van der Waals surface area contributed by atoms with Crippen LogP contribution in [-0.2, 0) is 16.8 Å². The number of halogens is 1. The highest BCUT2D eigenvalue weighted by Gasteiger charge is 2.20. The van der Waals surface area contributed by atoms with E-state index in [1.807, 2.05) is 18.2 Å². The van der Waals surface area contributed by atoms with Crippen LogP contribution in [0.1, 0.15) is 55.0 Å². The topological polar surface area (TPSA) is 87.3 Å². The van der Waals surface area contributed by atoms with E-state index in [-0.39, 0.29) is 24.6 Å². The number of esters is 1. The molecule has 1 aromatic heterocycles. The van der Waals surface area contributed by atoms with Crippen molar-refractivity contribution in [3.8, 4) is 5.75 Å². The predicted molar refractivity (Wildman–Crippen MR) is 104 cm³/mol. The van der Waals surface area contributed by atoms with Crippen molar-refractivity contribution >= 4 is 27.8 Å². The molecule has 26 heavy (non-hydrogen) atoms. The lowest BCUT2D eigenvalue weighted by molar-refractivity contribution is 0.0521. The van der Waals surface area contributed by atoms with Crippen LogP contribution in [0, 0.1) is 6.92 Å². The molecule has 2 rings (SSSR count). The van der Waals surface area contributed by atoms with Crippen LogP contribution >= 0.6 is 15.9 Å². The molecule has 0 spiro atoms. The lowest BCUT2D eigenvalue weighted by Gasteiger charge is -2.20. The third-order valence-corrected chi connectivity index (χ3v) is 4.44. The standard InChI is InChI=1S/C19H24BrN3O3/c1-6-25-17(24)16-11(2)22-18(21)23-14(16)10-26-15-8-7-12(9-13(15)20)19(3,4)5/h7-9H,6,10H2,1-5H3,(H2,21,22,23). The molecule has 2 N–H and O–H groups in total. The highest BCUT2D eigenvalue weighted by molar-refractivity contribution is 9.10. The molecule has 0 aliphatic rings. The Morgan fingerprint density at radius 3 is 2.54 bits per heavy atom. The fourth-order valence-corrected chi connectivity index (χ4v) is 2.95. The number of hydrogen-bond donors (Lipinski definition) is 1. The summed E-state index contributed by atoms with van der Waals surface area (Å²) in [6.07, 6.45) is 0. The van der Waals surface area contributed by atoms with E-state index in [0.717, 1.165) is 4.47 Å². The van der Waals surface area contributed by atoms with Crippen molar-refractivity contribution < 1.29 is 14.3 Å². The predicted octanol–water partition coefficient (Wildman–Crippen LogP) is 4.18. The number of aryl methyl sites for hydroxylation is 1. The number of ether oxygens (including phenoxy) is 2. The summed E-state index contributed by atoms with van der Waals surface area (Å²) in [6, 6.07) is 5.94. The Morgan fingerprint density at radius 2 is 1.96 bits per heavy atom. The molecule has 0 unspecified atom stereocenters. The summed E-state index contributed by atoms with van der Waals surface area (Å²) < 4.78 is 11.8. The molecule has 1 aromatic carbocycles. The van der Waals surface area contributed by atoms with Gasteiger partial charge in [-0.3, -0.25) is 0 Å². The lowest BCUT2D eigenvalue weighted by Crippen LogP contribution is -2.16. The Morgan fingerprint density at radius 1 is 1.27 bits per heavy atom. The smallest absolute Gasteiger partial charge is 0.341 e. The van der Waals surface area contributed by atoms with Gasteiger partial charge in [-0.25, -0.2) is 14.8 Å². The normalized spacial score (nSPS) is 11.3. The molecule has 0 amide bonds. The number of nitrogens with two attached hydrogens (primary N) is 1. The Labute approximate surface area is 162 Å². The first-order valence-corrected chi connectivity index (χ1v) is 9.15. The van der Waals surface area contributed by atoms with E-state index >= 15 is 0 Å². The van der Waals surface area contributed by atoms with Gasteiger partial charge >= 0.3 is 5.97 Å². The number of aromatic nitrogens is 2. The molecule has 7 heteroatoms. The van der Waals surface area contributed by atoms with Gasteiger partial charge < -0.3 is 15.2 Å². The Balaban J connectivity index is 2.28. The number of carbonyl (C=O) groups excluding carboxylic acids is 1. The fourth-order valence-electron chi connectivity index (χ4n) is 2.46. The van der Waals surface area contributed by atoms with E-state index in [1.54, 1.807) is 13.8 Å². The molecule has 140 valence electrons. The van der Waals surface area contributed by atoms with Crippen molar-refractivity contribution in [3.05, 3.63) is 45.2 Å². The number of carbonyl (C=O) groups is 1. The molecule has 0 saturated carbocycles. The van der Waals surface area contributed by atoms with Crippen LogP contribution in [0.15, 0.2) is 22.7 Å². The second-order valence-corrected chi connectivity index (χ2v) is 7.75. The average Bonchev–Trinajstić information content (AvgIpc) is 2.52. The zero-order valence-corrected chi connectivity index (χ0v) is 17.3. The highest BCUT2D eigenvalue weighted by Crippen LogP contribution is 2.32. The summed E-state index contributed by atoms with van der Waals surface area (Å²) >= 11 is 3.54. The summed E-state index contributed by atoms with van der Waals surface area (Å²) in [5.41, 5.74) is 8.12. The van der Waals surface area contributed by atoms with Gasteiger partial charge in [0.25, 0.3) is 0 Å². The fraction of sp³-hybridized carbons (Fsp3) is 0.421. The summed E-state index contributed by atoms with van der Waals surface area (Å²) in [6.45, 7) is 10.2. The van der Waals surface area contributed by atoms with E-state index in [4.69, 9.17) is 15.2 Å². The van der Waals surface area contributed by atoms with E-state index < -0.39 is 5.97 Å². The maximum Gasteiger partial charge on any atom is 0.341 e. The minimum Gasteiger partial charge on any atom is -0.486 e. The van der Waals surface area contributed by atoms with E-state index in [0.29, 0.717) is 22.7 Å². The zero-order valence-electron chi connectivity index (χ0n) is 15.7. The molecular weight excluding hydrogens is 398 g/mol. The third kappa shape index (κ3) is 4.72. The molecule has 0 saturated heterocycles. The minimum absolute atomic E-state index is 0.0380. The molecular formula is C19H24BrN3O3. The zero-order chi connectivity index (χ0) is 19.5. The van der Waals surface area contributed by atoms with E-state index in [2.05, 4.69) is 46.7 Å². The van der Waals surface area contributed by atoms with Crippen molar-refractivity contribution in [2.24, 2.45) is 0 Å². The Hall–Kier alpha value is -2.15. The van der Waals surface area contributed by atoms with Crippen LogP contribution in [0.3, 0.4) is 0 Å². The first kappa shape index (κ1) is 20.2. The van der Waals surface area contributed by atoms with Gasteiger partial charge in [0.05, 0.1) is 22.5 Å². The summed E-state index contributed by atoms with van der Waals surface area (Å²) in [5, 5.41) is 0. The molecule has 0 bridgehead atoms. The van der Waals surface area contributed by atoms with E-state index in [1.165, 1.54) is 5.56 Å². The van der Waals surface area contributed by atoms with Crippen LogP contribution in [0.4, 0.5) is 5.95 Å². The van der Waals surface area contributed by atoms with Crippen LogP contribution in [-0.4, -0.2) is 22.5 Å². The molecule has 6 nitrogen and oxygen atoms in total. The maximum atomic E-state index is 12.2. The number of nitrogen functional groups attached to an aromatic ring is 1. The quantitative estimate of drug-likeness (QED) is 0.728. The van der Waals surface area contributed by atoms with Gasteiger partial charge in [0.15, 0.2) is 0 Å². The van der Waals surface area contributed by atoms with Gasteiger partial charge in [0, 0.05) is 0 Å². The lowest BCUT2D eigenvalue weighted by atomic mass is 9.87. The first-order chi connectivity index (χ1) is 12.1. The van der Waals surface area contributed by atoms with Crippen molar-refractivity contribution in [1.29, 1.82) is 0 Å². The Kier molecular flexibility index (Phi) is 6.23. The van der Waals surface area contributed by atoms with Crippen molar-refractivity contribution in [2.75, 3.05) is 12.3 Å². The maximum absolute atomic E-state index is 12.2. The number of hydrogen-bond acceptors (Lipinski definition) is 6. The van der Waals surface area contributed by atoms with Crippen molar-refractivity contribution in [2.45, 2.75) is 46.6 Å². The number of nitrogens with zero attached hydrogens (tertiary/aromatic N) is 2. The van der Waals surface area contributed by atoms with Gasteiger partial charge in [0.1, 0.15) is 17.9 Å². The van der Waals surface area contributed by atoms with E-state index in [9.17, 15) is 4.79 Å². The van der Waals surface area contributed by atoms with Crippen molar-refractivity contribution in [3.63, 3.8) is 0 Å². The Bertz CT molecular complexity index is 816. The number of rotatable bonds is 5. The highest BCUT2D eigenvalue weighted by atomic mass is 79.9. The number of anilines is 1. The van der Waals surface area contributed by atoms with Gasteiger partial charge in [-0.05, 0) is 52.9 Å². The monoisotopic (exact) mass is 421 g/mol. The van der Waals surface area contributed by atoms with Gasteiger partial charge in [0.2, 0.25) is 5.95 Å². The minimum atomic E-state index is -0.481. The molecule has 0 radical (unpaired) electrons. The molecule has 1 heterocycles. The summed E-state index contributed by atoms with van der Waals surface area (Å²) in [7, 11) is 0. The number of benzene rings is 1. The summed E-state index contributed by atoms with van der Waals surface area (Å²) in [5.74, 6) is 0.268. The van der Waals surface area contributed by atoms with Gasteiger partial charge in [-0.1, -0.05) is 26.8 Å². The molecule has 0 atom stereocenters. The van der Waals surface area contributed by atoms with Crippen molar-refractivity contribution in [1.82, 2.24) is 9.97 Å². The molecule has 2 aromatic rings. The van der Waals surface area contributed by atoms with Crippen LogP contribution in [0.25, 0.3) is 0 Å². The SMILES string of the molecule is CCOC(=O)c1c(C)nc(N)nc1COc1ccc(C(C)(C)C)cc1Br. The van der Waals surface area contributed by atoms with Gasteiger partial charge in [-0.2, -0.15) is 0 Å². The van der Waals surface area contributed by atoms with Gasteiger partial charge in [-0.15, -0.1) is 0 Å². The van der Waals surface area contributed by atoms with Crippen LogP contribution in [0.2, 0.25) is 0 Å². The van der Waals surface area contributed by atoms with Crippen LogP contribution in [0.5, 0.6) is 5.75 Å². The molecule has 0 fully saturated rings. The summed E-state index contributed by atoms with van der Waals surface area (Å²) in [4.78, 5) is 20.4. The second kappa shape index (κ2) is 8.03. The van der Waals surface area contributed by atoms with Crippen LogP contribution < -0.4 is 10.5 Å². The second-order valence-electron chi connectivity index (χ2n) is 6.89. The average molecular weight is 422 g/mol. The first-order valence-electron chi connectivity index (χ1n) is 8.36.